The Bertz CT molecular complexity index is 1260. The lowest BCUT2D eigenvalue weighted by Crippen LogP contribution is -2.38. The lowest BCUT2D eigenvalue weighted by Gasteiger charge is -2.23. The van der Waals surface area contributed by atoms with Gasteiger partial charge in [0.05, 0.1) is 22.7 Å². The van der Waals surface area contributed by atoms with Crippen molar-refractivity contribution in [1.29, 1.82) is 0 Å². The van der Waals surface area contributed by atoms with Gasteiger partial charge in [0.25, 0.3) is 0 Å². The van der Waals surface area contributed by atoms with Crippen molar-refractivity contribution in [2.45, 2.75) is 31.7 Å². The van der Waals surface area contributed by atoms with Gasteiger partial charge in [-0.15, -0.1) is 10.2 Å². The molecule has 6 nitrogen and oxygen atoms in total. The maximum absolute atomic E-state index is 13.4. The molecule has 0 saturated carbocycles. The highest BCUT2D eigenvalue weighted by atomic mass is 19.1. The van der Waals surface area contributed by atoms with Gasteiger partial charge in [-0.2, -0.15) is 0 Å². The lowest BCUT2D eigenvalue weighted by atomic mass is 9.89. The molecule has 0 radical (unpaired) electrons. The molecular formula is C23H19FN4O2. The second kappa shape index (κ2) is 6.73. The van der Waals surface area contributed by atoms with Crippen molar-refractivity contribution >= 4 is 16.8 Å². The minimum absolute atomic E-state index is 0.0299. The second-order valence-corrected chi connectivity index (χ2v) is 8.05. The number of nitrogens with one attached hydrogen (secondary N) is 1. The number of carbonyl (C=O) groups excluding carboxylic acids is 1. The first-order valence-corrected chi connectivity index (χ1v) is 9.71. The van der Waals surface area contributed by atoms with E-state index in [0.717, 1.165) is 22.0 Å². The fourth-order valence-electron chi connectivity index (χ4n) is 3.94. The van der Waals surface area contributed by atoms with Crippen molar-refractivity contribution in [2.24, 2.45) is 0 Å². The van der Waals surface area contributed by atoms with E-state index in [1.54, 1.807) is 12.1 Å². The van der Waals surface area contributed by atoms with E-state index < -0.39 is 5.54 Å². The Balaban J connectivity index is 1.63. The fourth-order valence-corrected chi connectivity index (χ4v) is 3.94. The van der Waals surface area contributed by atoms with E-state index in [9.17, 15) is 9.18 Å². The average Bonchev–Trinajstić information content (AvgIpc) is 3.31. The Morgan fingerprint density at radius 1 is 1.10 bits per heavy atom. The van der Waals surface area contributed by atoms with Crippen LogP contribution >= 0.6 is 0 Å². The molecule has 30 heavy (non-hydrogen) atoms. The first kappa shape index (κ1) is 18.4. The highest BCUT2D eigenvalue weighted by molar-refractivity contribution is 5.94. The van der Waals surface area contributed by atoms with Crippen LogP contribution in [-0.2, 0) is 4.79 Å². The quantitative estimate of drug-likeness (QED) is 0.547. The van der Waals surface area contributed by atoms with Crippen LogP contribution in [0.5, 0.6) is 0 Å². The van der Waals surface area contributed by atoms with Crippen LogP contribution in [-0.4, -0.2) is 26.6 Å². The second-order valence-electron chi connectivity index (χ2n) is 8.05. The van der Waals surface area contributed by atoms with Crippen molar-refractivity contribution in [3.05, 3.63) is 66.3 Å². The van der Waals surface area contributed by atoms with Gasteiger partial charge >= 0.3 is 0 Å². The molecule has 1 aliphatic heterocycles. The number of para-hydroxylation sites is 1. The molecule has 150 valence electrons. The van der Waals surface area contributed by atoms with Gasteiger partial charge in [-0.3, -0.25) is 4.79 Å². The average molecular weight is 402 g/mol. The summed E-state index contributed by atoms with van der Waals surface area (Å²) in [5, 5.41) is 12.3. The van der Waals surface area contributed by atoms with Crippen molar-refractivity contribution < 1.29 is 13.6 Å². The molecule has 4 aromatic rings. The first-order chi connectivity index (χ1) is 14.4. The Morgan fingerprint density at radius 2 is 1.87 bits per heavy atom. The van der Waals surface area contributed by atoms with E-state index >= 15 is 0 Å². The van der Waals surface area contributed by atoms with E-state index in [4.69, 9.17) is 9.40 Å². The summed E-state index contributed by atoms with van der Waals surface area (Å²) in [5.74, 6) is 0.261. The summed E-state index contributed by atoms with van der Waals surface area (Å²) >= 11 is 0. The van der Waals surface area contributed by atoms with E-state index in [-0.39, 0.29) is 17.6 Å². The monoisotopic (exact) mass is 402 g/mol. The van der Waals surface area contributed by atoms with Crippen molar-refractivity contribution in [2.75, 3.05) is 0 Å². The summed E-state index contributed by atoms with van der Waals surface area (Å²) in [6.45, 7) is 3.89. The molecule has 1 N–H and O–H groups in total. The molecule has 2 aromatic heterocycles. The zero-order chi connectivity index (χ0) is 20.9. The zero-order valence-corrected chi connectivity index (χ0v) is 16.5. The number of fused-ring (bicyclic) bond motifs is 1. The Kier molecular flexibility index (Phi) is 4.13. The number of aromatic nitrogens is 3. The van der Waals surface area contributed by atoms with Crippen LogP contribution in [0.25, 0.3) is 33.6 Å². The number of benzene rings is 2. The van der Waals surface area contributed by atoms with E-state index in [1.165, 1.54) is 12.1 Å². The molecule has 3 heterocycles. The van der Waals surface area contributed by atoms with Crippen molar-refractivity contribution in [1.82, 2.24) is 20.5 Å². The Morgan fingerprint density at radius 3 is 2.60 bits per heavy atom. The third-order valence-corrected chi connectivity index (χ3v) is 5.55. The third-order valence-electron chi connectivity index (χ3n) is 5.55. The minimum Gasteiger partial charge on any atom is -0.420 e. The van der Waals surface area contributed by atoms with Crippen LogP contribution < -0.4 is 5.32 Å². The zero-order valence-electron chi connectivity index (χ0n) is 16.5. The largest absolute Gasteiger partial charge is 0.420 e. The van der Waals surface area contributed by atoms with Gasteiger partial charge in [0, 0.05) is 22.9 Å². The van der Waals surface area contributed by atoms with Gasteiger partial charge in [-0.25, -0.2) is 9.37 Å². The number of halogens is 1. The number of hydrogen-bond donors (Lipinski definition) is 1. The molecule has 1 atom stereocenters. The summed E-state index contributed by atoms with van der Waals surface area (Å²) in [6.07, 6.45) is 0.312. The first-order valence-electron chi connectivity index (χ1n) is 9.71. The molecule has 0 bridgehead atoms. The summed E-state index contributed by atoms with van der Waals surface area (Å²) in [5.41, 5.74) is 2.53. The highest BCUT2D eigenvalue weighted by Gasteiger charge is 2.43. The highest BCUT2D eigenvalue weighted by Crippen LogP contribution is 2.38. The van der Waals surface area contributed by atoms with Crippen LogP contribution in [0.1, 0.15) is 32.1 Å². The summed E-state index contributed by atoms with van der Waals surface area (Å²) < 4.78 is 19.4. The standard InChI is InChI=1S/C23H19FN4O2/c1-23(2)17(12-20(29)26-23)22-28-27-21(30-22)16-11-19(13-7-9-14(24)10-8-13)25-18-6-4-3-5-15(16)18/h3-11,17H,12H2,1-2H3,(H,26,29). The SMILES string of the molecule is CC1(C)NC(=O)CC1c1nnc(-c2cc(-c3ccc(F)cc3)nc3ccccc23)o1. The molecule has 0 spiro atoms. The van der Waals surface area contributed by atoms with Crippen molar-refractivity contribution in [3.63, 3.8) is 0 Å². The smallest absolute Gasteiger partial charge is 0.248 e. The normalized spacial score (nSPS) is 18.0. The predicted molar refractivity (Wildman–Crippen MR) is 110 cm³/mol. The molecule has 5 rings (SSSR count). The number of carbonyl (C=O) groups is 1. The molecule has 1 unspecified atom stereocenters. The van der Waals surface area contributed by atoms with Gasteiger partial charge in [0.2, 0.25) is 17.7 Å². The molecule has 1 fully saturated rings. The number of nitrogens with zero attached hydrogens (tertiary/aromatic N) is 3. The third kappa shape index (κ3) is 3.12. The molecule has 7 heteroatoms. The van der Waals surface area contributed by atoms with Gasteiger partial charge in [-0.1, -0.05) is 18.2 Å². The molecule has 1 aliphatic rings. The van der Waals surface area contributed by atoms with Crippen LogP contribution in [0.3, 0.4) is 0 Å². The van der Waals surface area contributed by atoms with Crippen LogP contribution in [0.2, 0.25) is 0 Å². The van der Waals surface area contributed by atoms with Gasteiger partial charge in [0.15, 0.2) is 0 Å². The lowest BCUT2D eigenvalue weighted by molar-refractivity contribution is -0.119. The van der Waals surface area contributed by atoms with E-state index in [1.807, 2.05) is 44.2 Å². The predicted octanol–water partition coefficient (Wildman–Crippen LogP) is 4.47. The number of hydrogen-bond acceptors (Lipinski definition) is 5. The number of rotatable bonds is 3. The molecule has 2 aromatic carbocycles. The fraction of sp³-hybridized carbons (Fsp3) is 0.217. The van der Waals surface area contributed by atoms with E-state index in [0.29, 0.717) is 23.9 Å². The summed E-state index contributed by atoms with van der Waals surface area (Å²) in [4.78, 5) is 16.6. The van der Waals surface area contributed by atoms with Gasteiger partial charge in [-0.05, 0) is 50.2 Å². The summed E-state index contributed by atoms with van der Waals surface area (Å²) in [6, 6.07) is 15.7. The molecule has 0 aliphatic carbocycles. The van der Waals surface area contributed by atoms with Crippen LogP contribution in [0, 0.1) is 5.82 Å². The topological polar surface area (TPSA) is 80.9 Å². The van der Waals surface area contributed by atoms with Crippen LogP contribution in [0.4, 0.5) is 4.39 Å². The Labute approximate surface area is 172 Å². The number of amides is 1. The summed E-state index contributed by atoms with van der Waals surface area (Å²) in [7, 11) is 0. The van der Waals surface area contributed by atoms with Crippen molar-refractivity contribution in [3.8, 4) is 22.7 Å². The van der Waals surface area contributed by atoms with Gasteiger partial charge in [0.1, 0.15) is 5.82 Å². The van der Waals surface area contributed by atoms with E-state index in [2.05, 4.69) is 15.5 Å². The van der Waals surface area contributed by atoms with Gasteiger partial charge < -0.3 is 9.73 Å². The molecule has 1 amide bonds. The molecule has 1 saturated heterocycles. The minimum atomic E-state index is -0.458. The Hall–Kier alpha value is -3.61. The maximum Gasteiger partial charge on any atom is 0.248 e. The number of pyridine rings is 1. The maximum atomic E-state index is 13.4. The van der Waals surface area contributed by atoms with Crippen LogP contribution in [0.15, 0.2) is 59.0 Å². The molecular weight excluding hydrogens is 383 g/mol.